The van der Waals surface area contributed by atoms with Gasteiger partial charge in [-0.1, -0.05) is 31.1 Å². The van der Waals surface area contributed by atoms with Crippen molar-refractivity contribution in [3.05, 3.63) is 52.7 Å². The fourth-order valence-electron chi connectivity index (χ4n) is 3.48. The molecule has 1 aliphatic heterocycles. The minimum atomic E-state index is -0.572. The number of carbonyl (C=O) groups excluding carboxylic acids is 1. The Morgan fingerprint density at radius 2 is 2.04 bits per heavy atom. The average molecular weight is 346 g/mol. The molecular weight excluding hydrogens is 323 g/mol. The Morgan fingerprint density at radius 1 is 1.32 bits per heavy atom. The second-order valence-electron chi connectivity index (χ2n) is 6.42. The first-order valence-electron chi connectivity index (χ1n) is 8.72. The molecule has 0 unspecified atom stereocenters. The third-order valence-corrected chi connectivity index (χ3v) is 4.79. The summed E-state index contributed by atoms with van der Waals surface area (Å²) in [5.41, 5.74) is 2.50. The summed E-state index contributed by atoms with van der Waals surface area (Å²) in [4.78, 5) is 14.6. The molecule has 1 amide bonds. The van der Waals surface area contributed by atoms with E-state index in [1.54, 1.807) is 17.0 Å². The fourth-order valence-corrected chi connectivity index (χ4v) is 3.48. The van der Waals surface area contributed by atoms with Crippen LogP contribution in [0.1, 0.15) is 48.9 Å². The number of aromatic nitrogens is 1. The molecule has 1 saturated heterocycles. The number of aliphatic hydroxyl groups is 1. The predicted octanol–water partition coefficient (Wildman–Crippen LogP) is 2.82. The van der Waals surface area contributed by atoms with Crippen molar-refractivity contribution in [3.8, 4) is 0 Å². The van der Waals surface area contributed by atoms with Crippen molar-refractivity contribution in [2.24, 2.45) is 0 Å². The largest absolute Gasteiger partial charge is 0.391 e. The molecule has 0 bridgehead atoms. The topological polar surface area (TPSA) is 66.6 Å². The summed E-state index contributed by atoms with van der Waals surface area (Å²) < 4.78 is 18.5. The molecule has 6 heteroatoms. The monoisotopic (exact) mass is 346 g/mol. The average Bonchev–Trinajstić information content (AvgIpc) is 3.18. The van der Waals surface area contributed by atoms with Crippen LogP contribution in [0.25, 0.3) is 0 Å². The Kier molecular flexibility index (Phi) is 5.18. The molecule has 1 aromatic carbocycles. The number of halogens is 1. The van der Waals surface area contributed by atoms with Crippen molar-refractivity contribution in [2.75, 3.05) is 6.54 Å². The maximum Gasteiger partial charge on any atom is 0.227 e. The van der Waals surface area contributed by atoms with E-state index in [1.807, 2.05) is 13.8 Å². The van der Waals surface area contributed by atoms with Crippen LogP contribution in [-0.4, -0.2) is 33.7 Å². The van der Waals surface area contributed by atoms with Gasteiger partial charge in [-0.15, -0.1) is 0 Å². The molecule has 1 aliphatic rings. The van der Waals surface area contributed by atoms with Gasteiger partial charge in [-0.3, -0.25) is 4.79 Å². The van der Waals surface area contributed by atoms with Crippen LogP contribution in [0.4, 0.5) is 4.39 Å². The van der Waals surface area contributed by atoms with Crippen LogP contribution < -0.4 is 0 Å². The summed E-state index contributed by atoms with van der Waals surface area (Å²) in [6.45, 7) is 4.23. The Hall–Kier alpha value is -2.21. The van der Waals surface area contributed by atoms with Crippen LogP contribution in [0.3, 0.4) is 0 Å². The fraction of sp³-hybridized carbons (Fsp3) is 0.474. The number of β-amino-alcohol motifs (C(OH)–C–C–N with tert-alkyl or cyclic N) is 1. The van der Waals surface area contributed by atoms with Crippen LogP contribution in [0.15, 0.2) is 28.8 Å². The highest BCUT2D eigenvalue weighted by atomic mass is 19.1. The van der Waals surface area contributed by atoms with E-state index < -0.39 is 6.10 Å². The summed E-state index contributed by atoms with van der Waals surface area (Å²) in [6.07, 6.45) is 1.48. The van der Waals surface area contributed by atoms with Gasteiger partial charge < -0.3 is 14.5 Å². The Balaban J connectivity index is 1.82. The van der Waals surface area contributed by atoms with Crippen LogP contribution in [0.5, 0.6) is 0 Å². The molecule has 25 heavy (non-hydrogen) atoms. The lowest BCUT2D eigenvalue weighted by Gasteiger charge is -2.25. The first-order chi connectivity index (χ1) is 12.0. The van der Waals surface area contributed by atoms with Gasteiger partial charge in [-0.05, 0) is 30.5 Å². The van der Waals surface area contributed by atoms with E-state index in [-0.39, 0.29) is 30.7 Å². The number of amides is 1. The zero-order valence-corrected chi connectivity index (χ0v) is 14.5. The standard InChI is InChI=1S/C19H23FN2O3/c1-3-16-15(18(4-2)25-21-16)10-19(24)22-11-14(23)9-17(22)12-5-7-13(20)8-6-12/h5-8,14,17,23H,3-4,9-11H2,1-2H3/t14-,17-/m1/s1. The van der Waals surface area contributed by atoms with Crippen LogP contribution >= 0.6 is 0 Å². The Morgan fingerprint density at radius 3 is 2.68 bits per heavy atom. The lowest BCUT2D eigenvalue weighted by Crippen LogP contribution is -2.33. The van der Waals surface area contributed by atoms with Crippen LogP contribution in [-0.2, 0) is 24.1 Å². The highest BCUT2D eigenvalue weighted by molar-refractivity contribution is 5.80. The molecule has 0 aliphatic carbocycles. The third-order valence-electron chi connectivity index (χ3n) is 4.79. The van der Waals surface area contributed by atoms with E-state index in [1.165, 1.54) is 12.1 Å². The number of carbonyl (C=O) groups is 1. The summed E-state index contributed by atoms with van der Waals surface area (Å²) in [7, 11) is 0. The van der Waals surface area contributed by atoms with Gasteiger partial charge in [0.05, 0.1) is 24.3 Å². The van der Waals surface area contributed by atoms with Crippen molar-refractivity contribution in [1.29, 1.82) is 0 Å². The van der Waals surface area contributed by atoms with E-state index in [4.69, 9.17) is 4.52 Å². The van der Waals surface area contributed by atoms with Crippen molar-refractivity contribution >= 4 is 5.91 Å². The van der Waals surface area contributed by atoms with Gasteiger partial charge in [0.15, 0.2) is 0 Å². The quantitative estimate of drug-likeness (QED) is 0.904. The van der Waals surface area contributed by atoms with E-state index in [2.05, 4.69) is 5.16 Å². The van der Waals surface area contributed by atoms with Crippen molar-refractivity contribution in [1.82, 2.24) is 10.1 Å². The van der Waals surface area contributed by atoms with Crippen molar-refractivity contribution < 1.29 is 18.8 Å². The van der Waals surface area contributed by atoms with E-state index >= 15 is 0 Å². The highest BCUT2D eigenvalue weighted by Gasteiger charge is 2.35. The maximum absolute atomic E-state index is 13.2. The molecule has 0 spiro atoms. The molecule has 2 heterocycles. The molecule has 2 aromatic rings. The maximum atomic E-state index is 13.2. The van der Waals surface area contributed by atoms with Crippen molar-refractivity contribution in [3.63, 3.8) is 0 Å². The number of aryl methyl sites for hydroxylation is 2. The molecule has 3 rings (SSSR count). The SMILES string of the molecule is CCc1noc(CC)c1CC(=O)N1C[C@H](O)C[C@@H]1c1ccc(F)cc1. The van der Waals surface area contributed by atoms with Gasteiger partial charge in [-0.2, -0.15) is 0 Å². The molecule has 2 atom stereocenters. The van der Waals surface area contributed by atoms with Gasteiger partial charge in [-0.25, -0.2) is 4.39 Å². The van der Waals surface area contributed by atoms with E-state index in [9.17, 15) is 14.3 Å². The first kappa shape index (κ1) is 17.6. The van der Waals surface area contributed by atoms with Gasteiger partial charge in [0.2, 0.25) is 5.91 Å². The molecule has 5 nitrogen and oxygen atoms in total. The number of hydrogen-bond acceptors (Lipinski definition) is 4. The number of benzene rings is 1. The van der Waals surface area contributed by atoms with E-state index in [0.29, 0.717) is 19.3 Å². The molecule has 1 aromatic heterocycles. The molecule has 1 N–H and O–H groups in total. The Bertz CT molecular complexity index is 720. The number of likely N-dealkylation sites (tertiary alicyclic amines) is 1. The van der Waals surface area contributed by atoms with Crippen molar-refractivity contribution in [2.45, 2.75) is 51.7 Å². The van der Waals surface area contributed by atoms with Crippen LogP contribution in [0, 0.1) is 5.82 Å². The Labute approximate surface area is 146 Å². The summed E-state index contributed by atoms with van der Waals surface area (Å²) in [6, 6.07) is 5.87. The number of rotatable bonds is 5. The number of nitrogens with zero attached hydrogens (tertiary/aromatic N) is 2. The minimum absolute atomic E-state index is 0.0709. The molecular formula is C19H23FN2O3. The first-order valence-corrected chi connectivity index (χ1v) is 8.72. The van der Waals surface area contributed by atoms with E-state index in [0.717, 1.165) is 22.6 Å². The zero-order valence-electron chi connectivity index (χ0n) is 14.5. The second-order valence-corrected chi connectivity index (χ2v) is 6.42. The van der Waals surface area contributed by atoms with Gasteiger partial charge in [0, 0.05) is 18.5 Å². The molecule has 0 radical (unpaired) electrons. The number of hydrogen-bond donors (Lipinski definition) is 1. The summed E-state index contributed by atoms with van der Waals surface area (Å²) >= 11 is 0. The molecule has 0 saturated carbocycles. The normalized spacial score (nSPS) is 20.2. The van der Waals surface area contributed by atoms with Gasteiger partial charge in [0.1, 0.15) is 11.6 Å². The smallest absolute Gasteiger partial charge is 0.227 e. The summed E-state index contributed by atoms with van der Waals surface area (Å²) in [5.74, 6) is 0.353. The highest BCUT2D eigenvalue weighted by Crippen LogP contribution is 2.33. The molecule has 1 fully saturated rings. The minimum Gasteiger partial charge on any atom is -0.391 e. The lowest BCUT2D eigenvalue weighted by atomic mass is 10.0. The van der Waals surface area contributed by atoms with Crippen LogP contribution in [0.2, 0.25) is 0 Å². The predicted molar refractivity (Wildman–Crippen MR) is 90.4 cm³/mol. The lowest BCUT2D eigenvalue weighted by molar-refractivity contribution is -0.131. The second kappa shape index (κ2) is 7.35. The number of aliphatic hydroxyl groups excluding tert-OH is 1. The zero-order chi connectivity index (χ0) is 18.0. The molecule has 134 valence electrons. The third kappa shape index (κ3) is 3.58. The van der Waals surface area contributed by atoms with Gasteiger partial charge >= 0.3 is 0 Å². The summed E-state index contributed by atoms with van der Waals surface area (Å²) in [5, 5.41) is 14.1. The van der Waals surface area contributed by atoms with Gasteiger partial charge in [0.25, 0.3) is 0 Å².